The Bertz CT molecular complexity index is 1120. The minimum atomic E-state index is -0.243. The Morgan fingerprint density at radius 2 is 2.07 bits per heavy atom. The smallest absolute Gasteiger partial charge is 0.262 e. The topological polar surface area (TPSA) is 79.0 Å². The van der Waals surface area contributed by atoms with Crippen LogP contribution in [0.4, 0.5) is 5.69 Å². The van der Waals surface area contributed by atoms with Crippen molar-refractivity contribution in [1.29, 1.82) is 5.26 Å². The van der Waals surface area contributed by atoms with Crippen molar-refractivity contribution in [3.63, 3.8) is 0 Å². The van der Waals surface area contributed by atoms with Crippen LogP contribution in [0.5, 0.6) is 0 Å². The third kappa shape index (κ3) is 3.97. The summed E-state index contributed by atoms with van der Waals surface area (Å²) in [4.78, 5) is 33.5. The number of nitriles is 1. The highest BCUT2D eigenvalue weighted by atomic mass is 32.1. The van der Waals surface area contributed by atoms with Gasteiger partial charge in [0.05, 0.1) is 24.2 Å². The van der Waals surface area contributed by atoms with Gasteiger partial charge < -0.3 is 4.90 Å². The van der Waals surface area contributed by atoms with Gasteiger partial charge in [0.25, 0.3) is 5.56 Å². The van der Waals surface area contributed by atoms with Crippen LogP contribution in [-0.4, -0.2) is 22.0 Å². The lowest BCUT2D eigenvalue weighted by atomic mass is 10.1. The highest BCUT2D eigenvalue weighted by molar-refractivity contribution is 7.18. The molecule has 3 rings (SSSR count). The fourth-order valence-electron chi connectivity index (χ4n) is 2.98. The van der Waals surface area contributed by atoms with Crippen molar-refractivity contribution in [3.8, 4) is 6.07 Å². The number of fused-ring (bicyclic) bond motifs is 1. The van der Waals surface area contributed by atoms with Crippen LogP contribution >= 0.6 is 11.3 Å². The van der Waals surface area contributed by atoms with Gasteiger partial charge in [-0.25, -0.2) is 4.98 Å². The second-order valence-electron chi connectivity index (χ2n) is 6.68. The summed E-state index contributed by atoms with van der Waals surface area (Å²) in [6.45, 7) is 6.18. The third-order valence-corrected chi connectivity index (χ3v) is 5.96. The molecule has 2 heterocycles. The van der Waals surface area contributed by atoms with E-state index in [2.05, 4.69) is 11.1 Å². The first kappa shape index (κ1) is 19.8. The first-order valence-electron chi connectivity index (χ1n) is 9.17. The summed E-state index contributed by atoms with van der Waals surface area (Å²) >= 11 is 1.50. The molecule has 0 aliphatic rings. The van der Waals surface area contributed by atoms with Crippen LogP contribution in [0.2, 0.25) is 0 Å². The summed E-state index contributed by atoms with van der Waals surface area (Å²) < 4.78 is 1.34. The maximum absolute atomic E-state index is 13.0. The van der Waals surface area contributed by atoms with Crippen molar-refractivity contribution >= 4 is 33.1 Å². The molecule has 6 nitrogen and oxygen atoms in total. The van der Waals surface area contributed by atoms with Gasteiger partial charge in [0, 0.05) is 17.1 Å². The number of carbonyl (C=O) groups is 1. The monoisotopic (exact) mass is 394 g/mol. The van der Waals surface area contributed by atoms with Gasteiger partial charge in [-0.2, -0.15) is 5.26 Å². The number of aromatic nitrogens is 2. The first-order valence-corrected chi connectivity index (χ1v) is 9.98. The fourth-order valence-corrected chi connectivity index (χ4v) is 3.91. The molecule has 0 unspecified atom stereocenters. The average Bonchev–Trinajstić information content (AvgIpc) is 3.11. The Morgan fingerprint density at radius 3 is 2.75 bits per heavy atom. The summed E-state index contributed by atoms with van der Waals surface area (Å²) in [5.74, 6) is -0.243. The number of rotatable bonds is 6. The van der Waals surface area contributed by atoms with Gasteiger partial charge in [-0.15, -0.1) is 11.3 Å². The average molecular weight is 395 g/mol. The predicted octanol–water partition coefficient (Wildman–Crippen LogP) is 3.58. The number of aryl methyl sites for hydroxylation is 3. The maximum Gasteiger partial charge on any atom is 0.262 e. The standard InChI is InChI=1S/C21H22N4O2S/c1-4-17-11-18-20(28-17)23-13-24(21(18)27)12-19(26)25(9-5-8-22)16-7-6-14(2)15(3)10-16/h6-7,10-11,13H,4-5,9,12H2,1-3H3. The molecule has 0 atom stereocenters. The number of hydrogen-bond acceptors (Lipinski definition) is 5. The minimum Gasteiger partial charge on any atom is -0.310 e. The number of benzene rings is 1. The summed E-state index contributed by atoms with van der Waals surface area (Å²) in [6.07, 6.45) is 2.49. The van der Waals surface area contributed by atoms with E-state index >= 15 is 0 Å². The molecule has 0 radical (unpaired) electrons. The van der Waals surface area contributed by atoms with E-state index in [0.717, 1.165) is 28.1 Å². The van der Waals surface area contributed by atoms with Crippen molar-refractivity contribution in [2.45, 2.75) is 40.2 Å². The van der Waals surface area contributed by atoms with Gasteiger partial charge in [-0.3, -0.25) is 14.2 Å². The summed E-state index contributed by atoms with van der Waals surface area (Å²) in [5.41, 5.74) is 2.72. The molecule has 144 valence electrons. The van der Waals surface area contributed by atoms with E-state index < -0.39 is 0 Å². The number of thiophene rings is 1. The predicted molar refractivity (Wildman–Crippen MR) is 112 cm³/mol. The van der Waals surface area contributed by atoms with E-state index in [0.29, 0.717) is 10.2 Å². The van der Waals surface area contributed by atoms with Crippen LogP contribution in [0.15, 0.2) is 35.4 Å². The molecule has 0 saturated heterocycles. The maximum atomic E-state index is 13.0. The van der Waals surface area contributed by atoms with Gasteiger partial charge in [0.2, 0.25) is 5.91 Å². The van der Waals surface area contributed by atoms with E-state index in [1.807, 2.05) is 45.0 Å². The molecule has 0 N–H and O–H groups in total. The molecule has 0 bridgehead atoms. The molecule has 0 fully saturated rings. The largest absolute Gasteiger partial charge is 0.310 e. The molecule has 1 aromatic carbocycles. The number of amides is 1. The molecular weight excluding hydrogens is 372 g/mol. The van der Waals surface area contributed by atoms with Crippen LogP contribution in [0, 0.1) is 25.2 Å². The Balaban J connectivity index is 1.92. The zero-order valence-electron chi connectivity index (χ0n) is 16.2. The lowest BCUT2D eigenvalue weighted by Crippen LogP contribution is -2.37. The number of anilines is 1. The molecule has 2 aromatic heterocycles. The summed E-state index contributed by atoms with van der Waals surface area (Å²) in [7, 11) is 0. The van der Waals surface area contributed by atoms with Crippen LogP contribution in [0.25, 0.3) is 10.2 Å². The van der Waals surface area contributed by atoms with Crippen molar-refractivity contribution in [2.24, 2.45) is 0 Å². The van der Waals surface area contributed by atoms with Crippen molar-refractivity contribution in [3.05, 3.63) is 57.0 Å². The van der Waals surface area contributed by atoms with Crippen LogP contribution < -0.4 is 10.5 Å². The number of nitrogens with zero attached hydrogens (tertiary/aromatic N) is 4. The van der Waals surface area contributed by atoms with Crippen molar-refractivity contribution in [2.75, 3.05) is 11.4 Å². The molecule has 0 aliphatic carbocycles. The van der Waals surface area contributed by atoms with Gasteiger partial charge in [-0.1, -0.05) is 13.0 Å². The van der Waals surface area contributed by atoms with Gasteiger partial charge >= 0.3 is 0 Å². The SMILES string of the molecule is CCc1cc2c(=O)n(CC(=O)N(CCC#N)c3ccc(C)c(C)c3)cnc2s1. The molecule has 28 heavy (non-hydrogen) atoms. The van der Waals surface area contributed by atoms with Gasteiger partial charge in [0.1, 0.15) is 11.4 Å². The van der Waals surface area contributed by atoms with Crippen LogP contribution in [-0.2, 0) is 17.8 Å². The molecule has 0 saturated carbocycles. The molecule has 7 heteroatoms. The van der Waals surface area contributed by atoms with Crippen LogP contribution in [0.1, 0.15) is 29.3 Å². The first-order chi connectivity index (χ1) is 13.4. The fraction of sp³-hybridized carbons (Fsp3) is 0.333. The highest BCUT2D eigenvalue weighted by Crippen LogP contribution is 2.22. The van der Waals surface area contributed by atoms with E-state index in [4.69, 9.17) is 5.26 Å². The van der Waals surface area contributed by atoms with Crippen LogP contribution in [0.3, 0.4) is 0 Å². The Morgan fingerprint density at radius 1 is 1.29 bits per heavy atom. The summed E-state index contributed by atoms with van der Waals surface area (Å²) in [6, 6.07) is 9.69. The third-order valence-electron chi connectivity index (χ3n) is 4.77. The molecule has 0 aliphatic heterocycles. The molecule has 1 amide bonds. The van der Waals surface area contributed by atoms with Gasteiger partial charge in [0.15, 0.2) is 0 Å². The van der Waals surface area contributed by atoms with Gasteiger partial charge in [-0.05, 0) is 49.6 Å². The second-order valence-corrected chi connectivity index (χ2v) is 7.80. The van der Waals surface area contributed by atoms with Crippen molar-refractivity contribution in [1.82, 2.24) is 9.55 Å². The lowest BCUT2D eigenvalue weighted by Gasteiger charge is -2.23. The Kier molecular flexibility index (Phi) is 5.90. The molecule has 3 aromatic rings. The summed E-state index contributed by atoms with van der Waals surface area (Å²) in [5, 5.41) is 9.52. The minimum absolute atomic E-state index is 0.114. The van der Waals surface area contributed by atoms with E-state index in [1.165, 1.54) is 22.2 Å². The zero-order valence-corrected chi connectivity index (χ0v) is 17.0. The Labute approximate surface area is 167 Å². The zero-order chi connectivity index (χ0) is 20.3. The van der Waals surface area contributed by atoms with Crippen molar-refractivity contribution < 1.29 is 4.79 Å². The van der Waals surface area contributed by atoms with E-state index in [1.54, 1.807) is 4.90 Å². The van der Waals surface area contributed by atoms with E-state index in [9.17, 15) is 9.59 Å². The molecular formula is C21H22N4O2S. The second kappa shape index (κ2) is 8.36. The quantitative estimate of drug-likeness (QED) is 0.640. The Hall–Kier alpha value is -2.98. The van der Waals surface area contributed by atoms with E-state index in [-0.39, 0.29) is 31.0 Å². The number of carbonyl (C=O) groups excluding carboxylic acids is 1. The normalized spacial score (nSPS) is 10.8. The molecule has 0 spiro atoms. The number of hydrogen-bond donors (Lipinski definition) is 0. The highest BCUT2D eigenvalue weighted by Gasteiger charge is 2.18. The lowest BCUT2D eigenvalue weighted by molar-refractivity contribution is -0.119.